The van der Waals surface area contributed by atoms with Crippen molar-refractivity contribution in [2.75, 3.05) is 16.8 Å². The van der Waals surface area contributed by atoms with E-state index in [1.165, 1.54) is 11.8 Å². The first-order valence-electron chi connectivity index (χ1n) is 9.87. The van der Waals surface area contributed by atoms with Gasteiger partial charge in [0, 0.05) is 11.1 Å². The Morgan fingerprint density at radius 1 is 1.03 bits per heavy atom. The first-order valence-corrected chi connectivity index (χ1v) is 9.87. The van der Waals surface area contributed by atoms with E-state index in [0.29, 0.717) is 22.5 Å². The average Bonchev–Trinajstić information content (AvgIpc) is 2.82. The Morgan fingerprint density at radius 3 is 2.26 bits per heavy atom. The molecule has 3 rings (SSSR count). The molecule has 8 heteroatoms. The van der Waals surface area contributed by atoms with Crippen molar-refractivity contribution in [2.45, 2.75) is 39.3 Å². The van der Waals surface area contributed by atoms with Gasteiger partial charge in [0.2, 0.25) is 5.91 Å². The molecule has 1 aliphatic rings. The van der Waals surface area contributed by atoms with E-state index < -0.39 is 23.6 Å². The van der Waals surface area contributed by atoms with Crippen LogP contribution >= 0.6 is 0 Å². The second-order valence-electron chi connectivity index (χ2n) is 8.25. The maximum absolute atomic E-state index is 13.3. The largest absolute Gasteiger partial charge is 0.444 e. The lowest BCUT2D eigenvalue weighted by Gasteiger charge is -2.26. The summed E-state index contributed by atoms with van der Waals surface area (Å²) >= 11 is 0. The van der Waals surface area contributed by atoms with Crippen molar-refractivity contribution in [3.05, 3.63) is 59.7 Å². The molecule has 2 aromatic carbocycles. The van der Waals surface area contributed by atoms with E-state index in [-0.39, 0.29) is 18.2 Å². The van der Waals surface area contributed by atoms with Crippen LogP contribution in [0.25, 0.3) is 0 Å². The van der Waals surface area contributed by atoms with Crippen molar-refractivity contribution >= 4 is 35.1 Å². The second-order valence-corrected chi connectivity index (χ2v) is 8.25. The van der Waals surface area contributed by atoms with Gasteiger partial charge in [-0.05, 0) is 52.0 Å². The minimum atomic E-state index is -1.03. The van der Waals surface area contributed by atoms with Gasteiger partial charge in [-0.2, -0.15) is 0 Å². The molecule has 0 spiro atoms. The number of rotatable bonds is 3. The molecule has 0 saturated carbocycles. The quantitative estimate of drug-likeness (QED) is 0.737. The molecule has 0 saturated heterocycles. The number of ether oxygens (including phenoxy) is 1. The fourth-order valence-corrected chi connectivity index (χ4v) is 3.16. The van der Waals surface area contributed by atoms with E-state index >= 15 is 0 Å². The van der Waals surface area contributed by atoms with Gasteiger partial charge in [0.1, 0.15) is 11.6 Å². The van der Waals surface area contributed by atoms with Gasteiger partial charge in [0.05, 0.1) is 17.9 Å². The predicted molar refractivity (Wildman–Crippen MR) is 116 cm³/mol. The molecule has 0 unspecified atom stereocenters. The number of amides is 3. The number of fused-ring (bicyclic) bond motifs is 1. The lowest BCUT2D eigenvalue weighted by molar-refractivity contribution is -0.117. The van der Waals surface area contributed by atoms with Gasteiger partial charge in [0.25, 0.3) is 5.91 Å². The molecule has 2 N–H and O–H groups in total. The summed E-state index contributed by atoms with van der Waals surface area (Å²) in [5.74, 6) is -0.925. The number of benzene rings is 2. The molecule has 2 aromatic rings. The van der Waals surface area contributed by atoms with E-state index in [0.717, 1.165) is 0 Å². The number of nitrogens with one attached hydrogen (secondary N) is 2. The Hall–Kier alpha value is -3.68. The number of hydrogen-bond donors (Lipinski definition) is 2. The zero-order chi connectivity index (χ0) is 22.8. The van der Waals surface area contributed by atoms with Crippen molar-refractivity contribution in [3.63, 3.8) is 0 Å². The van der Waals surface area contributed by atoms with Gasteiger partial charge in [-0.1, -0.05) is 24.3 Å². The van der Waals surface area contributed by atoms with Gasteiger partial charge in [-0.15, -0.1) is 0 Å². The maximum atomic E-state index is 13.3. The number of ketones is 1. The van der Waals surface area contributed by atoms with Crippen molar-refractivity contribution in [1.82, 2.24) is 5.32 Å². The highest BCUT2D eigenvalue weighted by atomic mass is 16.6. The monoisotopic (exact) mass is 423 g/mol. The van der Waals surface area contributed by atoms with E-state index in [9.17, 15) is 19.2 Å². The molecule has 31 heavy (non-hydrogen) atoms. The number of hydrogen-bond acceptors (Lipinski definition) is 5. The molecule has 1 heterocycles. The third kappa shape index (κ3) is 5.28. The molecule has 8 nitrogen and oxygen atoms in total. The number of carbonyl (C=O) groups excluding carboxylic acids is 4. The molecular weight excluding hydrogens is 398 g/mol. The predicted octanol–water partition coefficient (Wildman–Crippen LogP) is 3.38. The Balaban J connectivity index is 1.92. The van der Waals surface area contributed by atoms with Crippen LogP contribution in [0.5, 0.6) is 0 Å². The molecule has 1 aliphatic heterocycles. The smallest absolute Gasteiger partial charge is 0.408 e. The Bertz CT molecular complexity index is 1020. The van der Waals surface area contributed by atoms with Crippen LogP contribution in [-0.2, 0) is 9.53 Å². The fourth-order valence-electron chi connectivity index (χ4n) is 3.16. The number of para-hydroxylation sites is 2. The van der Waals surface area contributed by atoms with Crippen molar-refractivity contribution in [2.24, 2.45) is 0 Å². The van der Waals surface area contributed by atoms with Gasteiger partial charge in [0.15, 0.2) is 5.78 Å². The lowest BCUT2D eigenvalue weighted by Crippen LogP contribution is -2.51. The molecular formula is C23H25N3O5. The standard InChI is InChI=1S/C23H25N3O5/c1-14(27)15-9-11-16(12-10-15)21(29)26-13-18(25-22(30)31-23(2,3)4)20(28)24-17-7-5-6-8-19(17)26/h5-12,18H,13H2,1-4H3,(H,24,28)(H,25,30)/t18-/m0/s1. The Labute approximate surface area is 180 Å². The lowest BCUT2D eigenvalue weighted by atomic mass is 10.1. The maximum Gasteiger partial charge on any atom is 0.408 e. The van der Waals surface area contributed by atoms with E-state index in [4.69, 9.17) is 4.74 Å². The van der Waals surface area contributed by atoms with Crippen molar-refractivity contribution < 1.29 is 23.9 Å². The highest BCUT2D eigenvalue weighted by Gasteiger charge is 2.33. The topological polar surface area (TPSA) is 105 Å². The molecule has 0 aliphatic carbocycles. The SMILES string of the molecule is CC(=O)c1ccc(C(=O)N2C[C@H](NC(=O)OC(C)(C)C)C(=O)Nc3ccccc32)cc1. The van der Waals surface area contributed by atoms with Crippen LogP contribution in [0.1, 0.15) is 48.4 Å². The fraction of sp³-hybridized carbons (Fsp3) is 0.304. The Kier molecular flexibility index (Phi) is 6.10. The molecule has 162 valence electrons. The highest BCUT2D eigenvalue weighted by Crippen LogP contribution is 2.30. The van der Waals surface area contributed by atoms with Crippen LogP contribution in [0, 0.1) is 0 Å². The minimum Gasteiger partial charge on any atom is -0.444 e. The minimum absolute atomic E-state index is 0.0879. The van der Waals surface area contributed by atoms with Gasteiger partial charge >= 0.3 is 6.09 Å². The number of anilines is 2. The van der Waals surface area contributed by atoms with Crippen LogP contribution in [0.15, 0.2) is 48.5 Å². The van der Waals surface area contributed by atoms with Crippen LogP contribution in [0.2, 0.25) is 0 Å². The summed E-state index contributed by atoms with van der Waals surface area (Å²) in [4.78, 5) is 51.3. The second kappa shape index (κ2) is 8.59. The zero-order valence-corrected chi connectivity index (χ0v) is 17.9. The van der Waals surface area contributed by atoms with Crippen LogP contribution in [-0.4, -0.2) is 41.9 Å². The summed E-state index contributed by atoms with van der Waals surface area (Å²) in [5.41, 5.74) is 1.07. The van der Waals surface area contributed by atoms with Gasteiger partial charge in [-0.3, -0.25) is 14.4 Å². The van der Waals surface area contributed by atoms with E-state index in [1.807, 2.05) is 0 Å². The number of carbonyl (C=O) groups is 4. The summed E-state index contributed by atoms with van der Waals surface area (Å²) in [6.07, 6.45) is -0.753. The molecule has 3 amide bonds. The summed E-state index contributed by atoms with van der Waals surface area (Å²) in [6, 6.07) is 12.2. The third-order valence-electron chi connectivity index (χ3n) is 4.61. The van der Waals surface area contributed by atoms with E-state index in [2.05, 4.69) is 10.6 Å². The molecule has 0 bridgehead atoms. The molecule has 0 fully saturated rings. The molecule has 0 radical (unpaired) electrons. The Morgan fingerprint density at radius 2 is 1.65 bits per heavy atom. The summed E-state index contributed by atoms with van der Waals surface area (Å²) in [5, 5.41) is 5.30. The number of alkyl carbamates (subject to hydrolysis) is 1. The highest BCUT2D eigenvalue weighted by molar-refractivity contribution is 6.12. The van der Waals surface area contributed by atoms with Crippen LogP contribution in [0.3, 0.4) is 0 Å². The van der Waals surface area contributed by atoms with Crippen molar-refractivity contribution in [1.29, 1.82) is 0 Å². The zero-order valence-electron chi connectivity index (χ0n) is 17.9. The number of Topliss-reactive ketones (excluding diaryl/α,β-unsaturated/α-hetero) is 1. The van der Waals surface area contributed by atoms with Gasteiger partial charge < -0.3 is 20.3 Å². The number of nitrogens with zero attached hydrogens (tertiary/aromatic N) is 1. The normalized spacial score (nSPS) is 15.9. The first kappa shape index (κ1) is 22.0. The summed E-state index contributed by atoms with van der Waals surface area (Å²) < 4.78 is 5.26. The van der Waals surface area contributed by atoms with E-state index in [1.54, 1.807) is 69.3 Å². The molecule has 0 aromatic heterocycles. The summed E-state index contributed by atoms with van der Waals surface area (Å²) in [7, 11) is 0. The average molecular weight is 423 g/mol. The third-order valence-corrected chi connectivity index (χ3v) is 4.61. The molecule has 1 atom stereocenters. The van der Waals surface area contributed by atoms with Crippen molar-refractivity contribution in [3.8, 4) is 0 Å². The summed E-state index contributed by atoms with van der Waals surface area (Å²) in [6.45, 7) is 6.52. The van der Waals surface area contributed by atoms with Gasteiger partial charge in [-0.25, -0.2) is 4.79 Å². The first-order chi connectivity index (χ1) is 14.5. The van der Waals surface area contributed by atoms with Crippen LogP contribution < -0.4 is 15.5 Å². The van der Waals surface area contributed by atoms with Crippen LogP contribution in [0.4, 0.5) is 16.2 Å².